The number of aromatic nitrogens is 2. The Kier molecular flexibility index (Phi) is 3.75. The summed E-state index contributed by atoms with van der Waals surface area (Å²) in [6.45, 7) is 0. The minimum atomic E-state index is -0.0237. The van der Waals surface area contributed by atoms with E-state index in [4.69, 9.17) is 0 Å². The van der Waals surface area contributed by atoms with Crippen LogP contribution in [0.15, 0.2) is 83.5 Å². The fraction of sp³-hybridized carbons (Fsp3) is 0. The number of ketones is 1. The maximum absolute atomic E-state index is 13.1. The molecule has 3 nitrogen and oxygen atoms in total. The molecule has 0 aliphatic carbocycles. The van der Waals surface area contributed by atoms with E-state index in [1.54, 1.807) is 6.20 Å². The van der Waals surface area contributed by atoms with Crippen LogP contribution in [0.25, 0.3) is 16.7 Å². The molecule has 0 atom stereocenters. The first-order chi connectivity index (χ1) is 11.7. The molecule has 0 unspecified atom stereocenters. The lowest BCUT2D eigenvalue weighted by molar-refractivity contribution is 0.103. The van der Waals surface area contributed by atoms with Crippen LogP contribution < -0.4 is 0 Å². The third-order valence-corrected chi connectivity index (χ3v) is 4.46. The Morgan fingerprint density at radius 1 is 0.917 bits per heavy atom. The number of pyridine rings is 1. The molecule has 2 aromatic heterocycles. The first-order valence-corrected chi connectivity index (χ1v) is 8.35. The zero-order valence-corrected chi connectivity index (χ0v) is 14.3. The fourth-order valence-electron chi connectivity index (χ4n) is 2.80. The van der Waals surface area contributed by atoms with Crippen LogP contribution in [-0.2, 0) is 0 Å². The summed E-state index contributed by atoms with van der Waals surface area (Å²) >= 11 is 3.40. The number of fused-ring (bicyclic) bond motifs is 1. The summed E-state index contributed by atoms with van der Waals surface area (Å²) < 4.78 is 2.86. The van der Waals surface area contributed by atoms with Crippen molar-refractivity contribution >= 4 is 32.6 Å². The van der Waals surface area contributed by atoms with Crippen LogP contribution >= 0.6 is 15.9 Å². The second-order valence-electron chi connectivity index (χ2n) is 5.45. The van der Waals surface area contributed by atoms with E-state index in [0.717, 1.165) is 21.2 Å². The van der Waals surface area contributed by atoms with Crippen LogP contribution in [0.2, 0.25) is 0 Å². The highest BCUT2D eigenvalue weighted by Gasteiger charge is 2.18. The van der Waals surface area contributed by atoms with Crippen molar-refractivity contribution in [3.63, 3.8) is 0 Å². The lowest BCUT2D eigenvalue weighted by Crippen LogP contribution is -2.09. The van der Waals surface area contributed by atoms with Gasteiger partial charge in [-0.2, -0.15) is 0 Å². The molecule has 116 valence electrons. The molecule has 0 fully saturated rings. The Balaban J connectivity index is 1.95. The number of carbonyl (C=O) groups excluding carboxylic acids is 1. The Hall–Kier alpha value is -2.72. The third-order valence-electron chi connectivity index (χ3n) is 3.93. The van der Waals surface area contributed by atoms with Gasteiger partial charge in [0.25, 0.3) is 0 Å². The van der Waals surface area contributed by atoms with Gasteiger partial charge in [0.1, 0.15) is 5.82 Å². The molecule has 4 heteroatoms. The van der Waals surface area contributed by atoms with Gasteiger partial charge in [-0.15, -0.1) is 0 Å². The van der Waals surface area contributed by atoms with Gasteiger partial charge in [0, 0.05) is 21.6 Å². The summed E-state index contributed by atoms with van der Waals surface area (Å²) in [5.41, 5.74) is 2.23. The van der Waals surface area contributed by atoms with Crippen molar-refractivity contribution in [1.29, 1.82) is 0 Å². The van der Waals surface area contributed by atoms with Gasteiger partial charge in [0.2, 0.25) is 5.78 Å². The summed E-state index contributed by atoms with van der Waals surface area (Å²) in [4.78, 5) is 17.5. The fourth-order valence-corrected chi connectivity index (χ4v) is 3.07. The minimum Gasteiger partial charge on any atom is -0.290 e. The lowest BCUT2D eigenvalue weighted by Gasteiger charge is -2.09. The molecule has 24 heavy (non-hydrogen) atoms. The largest absolute Gasteiger partial charge is 0.290 e. The van der Waals surface area contributed by atoms with E-state index >= 15 is 0 Å². The SMILES string of the molecule is O=C(c1ccc(Br)cc1)c1cc2ccccc2n1-c1ccccn1. The highest BCUT2D eigenvalue weighted by atomic mass is 79.9. The molecule has 0 amide bonds. The van der Waals surface area contributed by atoms with Crippen molar-refractivity contribution < 1.29 is 4.79 Å². The smallest absolute Gasteiger partial charge is 0.209 e. The number of benzene rings is 2. The van der Waals surface area contributed by atoms with Gasteiger partial charge in [-0.1, -0.05) is 40.2 Å². The standard InChI is InChI=1S/C20H13BrN2O/c21-16-10-8-14(9-11-16)20(24)18-13-15-5-1-2-6-17(15)23(18)19-7-3-4-12-22-19/h1-13H. The molecule has 0 saturated heterocycles. The molecule has 0 aliphatic rings. The monoisotopic (exact) mass is 376 g/mol. The van der Waals surface area contributed by atoms with Crippen LogP contribution in [0.5, 0.6) is 0 Å². The summed E-state index contributed by atoms with van der Waals surface area (Å²) in [6, 6.07) is 23.0. The van der Waals surface area contributed by atoms with Gasteiger partial charge in [-0.25, -0.2) is 4.98 Å². The Labute approximate surface area is 147 Å². The van der Waals surface area contributed by atoms with Gasteiger partial charge < -0.3 is 0 Å². The van der Waals surface area contributed by atoms with Gasteiger partial charge in [0.05, 0.1) is 11.2 Å². The van der Waals surface area contributed by atoms with Gasteiger partial charge in [0.15, 0.2) is 0 Å². The van der Waals surface area contributed by atoms with Crippen molar-refractivity contribution in [2.75, 3.05) is 0 Å². The van der Waals surface area contributed by atoms with Crippen LogP contribution in [0, 0.1) is 0 Å². The molecule has 2 heterocycles. The topological polar surface area (TPSA) is 34.9 Å². The van der Waals surface area contributed by atoms with Crippen LogP contribution in [0.4, 0.5) is 0 Å². The highest BCUT2D eigenvalue weighted by Crippen LogP contribution is 2.25. The van der Waals surface area contributed by atoms with Crippen molar-refractivity contribution in [2.24, 2.45) is 0 Å². The molecule has 4 rings (SSSR count). The van der Waals surface area contributed by atoms with Crippen molar-refractivity contribution in [1.82, 2.24) is 9.55 Å². The van der Waals surface area contributed by atoms with Crippen molar-refractivity contribution in [2.45, 2.75) is 0 Å². The summed E-state index contributed by atoms with van der Waals surface area (Å²) in [5, 5.41) is 1.02. The average molecular weight is 377 g/mol. The maximum Gasteiger partial charge on any atom is 0.209 e. The Morgan fingerprint density at radius 2 is 1.67 bits per heavy atom. The second-order valence-corrected chi connectivity index (χ2v) is 6.36. The number of carbonyl (C=O) groups is 1. The van der Waals surface area contributed by atoms with E-state index in [0.29, 0.717) is 11.3 Å². The number of nitrogens with zero attached hydrogens (tertiary/aromatic N) is 2. The van der Waals surface area contributed by atoms with Crippen molar-refractivity contribution in [3.8, 4) is 5.82 Å². The van der Waals surface area contributed by atoms with Crippen molar-refractivity contribution in [3.05, 3.63) is 94.7 Å². The van der Waals surface area contributed by atoms with E-state index < -0.39 is 0 Å². The predicted molar refractivity (Wildman–Crippen MR) is 98.6 cm³/mol. The van der Waals surface area contributed by atoms with Crippen LogP contribution in [0.1, 0.15) is 16.1 Å². The third kappa shape index (κ3) is 2.55. The average Bonchev–Trinajstić information content (AvgIpc) is 3.02. The molecule has 0 bridgehead atoms. The molecule has 0 aliphatic heterocycles. The number of para-hydroxylation sites is 1. The second kappa shape index (κ2) is 6.06. The molecular weight excluding hydrogens is 364 g/mol. The maximum atomic E-state index is 13.1. The summed E-state index contributed by atoms with van der Waals surface area (Å²) in [5.74, 6) is 0.712. The van der Waals surface area contributed by atoms with Gasteiger partial charge in [-0.3, -0.25) is 9.36 Å². The number of hydrogen-bond acceptors (Lipinski definition) is 2. The minimum absolute atomic E-state index is 0.0237. The predicted octanol–water partition coefficient (Wildman–Crippen LogP) is 5.02. The van der Waals surface area contributed by atoms with E-state index in [-0.39, 0.29) is 5.78 Å². The normalized spacial score (nSPS) is 10.9. The zero-order valence-electron chi connectivity index (χ0n) is 12.7. The molecule has 2 aromatic carbocycles. The zero-order chi connectivity index (χ0) is 16.5. The Bertz CT molecular complexity index is 1020. The summed E-state index contributed by atoms with van der Waals surface area (Å²) in [7, 11) is 0. The van der Waals surface area contributed by atoms with Gasteiger partial charge in [-0.05, 0) is 48.5 Å². The van der Waals surface area contributed by atoms with E-state index in [1.165, 1.54) is 0 Å². The molecule has 4 aromatic rings. The first kappa shape index (κ1) is 14.8. The van der Waals surface area contributed by atoms with Crippen LogP contribution in [-0.4, -0.2) is 15.3 Å². The highest BCUT2D eigenvalue weighted by molar-refractivity contribution is 9.10. The molecule has 0 radical (unpaired) electrons. The quantitative estimate of drug-likeness (QED) is 0.470. The number of halogens is 1. The molecule has 0 N–H and O–H groups in total. The lowest BCUT2D eigenvalue weighted by atomic mass is 10.1. The van der Waals surface area contributed by atoms with Crippen LogP contribution in [0.3, 0.4) is 0 Å². The molecule has 0 spiro atoms. The van der Waals surface area contributed by atoms with E-state index in [2.05, 4.69) is 20.9 Å². The molecule has 0 saturated carbocycles. The van der Waals surface area contributed by atoms with Gasteiger partial charge >= 0.3 is 0 Å². The van der Waals surface area contributed by atoms with E-state index in [9.17, 15) is 4.79 Å². The summed E-state index contributed by atoms with van der Waals surface area (Å²) in [6.07, 6.45) is 1.73. The number of hydrogen-bond donors (Lipinski definition) is 0. The Morgan fingerprint density at radius 3 is 2.42 bits per heavy atom. The molecular formula is C20H13BrN2O. The first-order valence-electron chi connectivity index (χ1n) is 7.56. The number of rotatable bonds is 3. The van der Waals surface area contributed by atoms with E-state index in [1.807, 2.05) is 77.4 Å².